The monoisotopic (exact) mass is 241 g/mol. The molecule has 1 amide bonds. The van der Waals surface area contributed by atoms with Crippen LogP contribution in [0.2, 0.25) is 0 Å². The van der Waals surface area contributed by atoms with Gasteiger partial charge in [-0.15, -0.1) is 0 Å². The third kappa shape index (κ3) is 4.18. The number of aliphatic hydroxyl groups excluding tert-OH is 1. The van der Waals surface area contributed by atoms with Gasteiger partial charge < -0.3 is 9.52 Å². The number of aliphatic hydroxyl groups is 1. The van der Waals surface area contributed by atoms with Crippen molar-refractivity contribution in [3.05, 3.63) is 23.7 Å². The predicted octanol–water partition coefficient (Wildman–Crippen LogP) is 0.0874. The molecule has 0 aliphatic rings. The summed E-state index contributed by atoms with van der Waals surface area (Å²) >= 11 is 0. The number of nitrogens with one attached hydrogen (secondary N) is 1. The number of amides is 1. The van der Waals surface area contributed by atoms with Crippen LogP contribution in [0.25, 0.3) is 0 Å². The number of rotatable bonds is 7. The Hall–Kier alpha value is -1.37. The summed E-state index contributed by atoms with van der Waals surface area (Å²) in [5.41, 5.74) is 2.47. The molecule has 1 aromatic rings. The lowest BCUT2D eigenvalue weighted by Crippen LogP contribution is -2.29. The third-order valence-electron chi connectivity index (χ3n) is 2.51. The van der Waals surface area contributed by atoms with E-state index in [1.54, 1.807) is 6.07 Å². The van der Waals surface area contributed by atoms with Crippen molar-refractivity contribution in [3.8, 4) is 0 Å². The van der Waals surface area contributed by atoms with E-state index in [1.807, 2.05) is 6.92 Å². The highest BCUT2D eigenvalue weighted by atomic mass is 16.3. The van der Waals surface area contributed by atoms with Crippen molar-refractivity contribution in [3.63, 3.8) is 0 Å². The lowest BCUT2D eigenvalue weighted by atomic mass is 10.3. The minimum atomic E-state index is -0.363. The van der Waals surface area contributed by atoms with Crippen molar-refractivity contribution >= 4 is 5.91 Å². The molecule has 6 nitrogen and oxygen atoms in total. The Morgan fingerprint density at radius 2 is 2.41 bits per heavy atom. The summed E-state index contributed by atoms with van der Waals surface area (Å²) in [6, 6.07) is 1.67. The SMILES string of the molecule is CCN(CCCO)Cc1cc(C(=O)NN)co1. The number of nitrogen functional groups attached to an aromatic ring is 1. The summed E-state index contributed by atoms with van der Waals surface area (Å²) in [7, 11) is 0. The van der Waals surface area contributed by atoms with Crippen LogP contribution >= 0.6 is 0 Å². The van der Waals surface area contributed by atoms with Gasteiger partial charge in [0.1, 0.15) is 12.0 Å². The van der Waals surface area contributed by atoms with Gasteiger partial charge in [-0.25, -0.2) is 5.84 Å². The van der Waals surface area contributed by atoms with Crippen LogP contribution in [0.3, 0.4) is 0 Å². The summed E-state index contributed by atoms with van der Waals surface area (Å²) in [6.07, 6.45) is 2.11. The van der Waals surface area contributed by atoms with Gasteiger partial charge in [0.15, 0.2) is 0 Å². The van der Waals surface area contributed by atoms with E-state index >= 15 is 0 Å². The molecule has 96 valence electrons. The fourth-order valence-corrected chi connectivity index (χ4v) is 1.53. The Bertz CT molecular complexity index is 351. The highest BCUT2D eigenvalue weighted by Gasteiger charge is 2.11. The molecule has 0 saturated heterocycles. The molecule has 0 bridgehead atoms. The average molecular weight is 241 g/mol. The van der Waals surface area contributed by atoms with Gasteiger partial charge in [0.05, 0.1) is 12.1 Å². The van der Waals surface area contributed by atoms with Crippen LogP contribution in [0.4, 0.5) is 0 Å². The molecule has 0 unspecified atom stereocenters. The quantitative estimate of drug-likeness (QED) is 0.357. The Morgan fingerprint density at radius 3 is 3.00 bits per heavy atom. The first-order valence-corrected chi connectivity index (χ1v) is 5.62. The second-order valence-corrected chi connectivity index (χ2v) is 3.72. The van der Waals surface area contributed by atoms with Crippen LogP contribution < -0.4 is 11.3 Å². The molecule has 17 heavy (non-hydrogen) atoms. The predicted molar refractivity (Wildman–Crippen MR) is 63.0 cm³/mol. The highest BCUT2D eigenvalue weighted by molar-refractivity contribution is 5.93. The molecule has 0 aromatic carbocycles. The molecule has 0 aliphatic heterocycles. The zero-order valence-corrected chi connectivity index (χ0v) is 9.98. The van der Waals surface area contributed by atoms with Crippen LogP contribution in [0.1, 0.15) is 29.5 Å². The maximum Gasteiger partial charge on any atom is 0.268 e. The van der Waals surface area contributed by atoms with Gasteiger partial charge in [0.25, 0.3) is 5.91 Å². The van der Waals surface area contributed by atoms with Gasteiger partial charge in [0.2, 0.25) is 0 Å². The second kappa shape index (κ2) is 7.05. The maximum atomic E-state index is 11.2. The van der Waals surface area contributed by atoms with Crippen LogP contribution in [-0.4, -0.2) is 35.6 Å². The Labute approximate surface area is 100 Å². The van der Waals surface area contributed by atoms with E-state index in [2.05, 4.69) is 10.3 Å². The lowest BCUT2D eigenvalue weighted by molar-refractivity contribution is 0.0953. The van der Waals surface area contributed by atoms with E-state index in [-0.39, 0.29) is 12.5 Å². The van der Waals surface area contributed by atoms with Crippen molar-refractivity contribution in [1.29, 1.82) is 0 Å². The number of hydrogen-bond donors (Lipinski definition) is 3. The van der Waals surface area contributed by atoms with E-state index in [0.717, 1.165) is 19.5 Å². The number of nitrogens with two attached hydrogens (primary N) is 1. The normalized spacial score (nSPS) is 10.8. The molecule has 0 saturated carbocycles. The Morgan fingerprint density at radius 1 is 1.65 bits per heavy atom. The topological polar surface area (TPSA) is 91.7 Å². The first-order valence-electron chi connectivity index (χ1n) is 5.62. The molecule has 1 aromatic heterocycles. The molecular formula is C11H19N3O3. The first kappa shape index (κ1) is 13.7. The number of nitrogens with zero attached hydrogens (tertiary/aromatic N) is 1. The number of furan rings is 1. The second-order valence-electron chi connectivity index (χ2n) is 3.72. The Balaban J connectivity index is 2.54. The zero-order valence-electron chi connectivity index (χ0n) is 9.98. The van der Waals surface area contributed by atoms with Gasteiger partial charge in [-0.2, -0.15) is 0 Å². The van der Waals surface area contributed by atoms with E-state index in [4.69, 9.17) is 15.4 Å². The molecule has 4 N–H and O–H groups in total. The maximum absolute atomic E-state index is 11.2. The smallest absolute Gasteiger partial charge is 0.268 e. The van der Waals surface area contributed by atoms with Crippen molar-refractivity contribution in [2.75, 3.05) is 19.7 Å². The highest BCUT2D eigenvalue weighted by Crippen LogP contribution is 2.10. The van der Waals surface area contributed by atoms with Crippen LogP contribution in [0.15, 0.2) is 16.7 Å². The zero-order chi connectivity index (χ0) is 12.7. The van der Waals surface area contributed by atoms with Gasteiger partial charge in [-0.1, -0.05) is 6.92 Å². The third-order valence-corrected chi connectivity index (χ3v) is 2.51. The average Bonchev–Trinajstić information content (AvgIpc) is 2.81. The minimum absolute atomic E-state index is 0.176. The first-order chi connectivity index (χ1) is 8.21. The van der Waals surface area contributed by atoms with Gasteiger partial charge >= 0.3 is 0 Å². The van der Waals surface area contributed by atoms with Crippen LogP contribution in [0.5, 0.6) is 0 Å². The van der Waals surface area contributed by atoms with Crippen molar-refractivity contribution < 1.29 is 14.3 Å². The summed E-state index contributed by atoms with van der Waals surface area (Å²) in [5, 5.41) is 8.77. The molecule has 0 radical (unpaired) electrons. The molecule has 0 spiro atoms. The van der Waals surface area contributed by atoms with Crippen molar-refractivity contribution in [2.45, 2.75) is 19.9 Å². The number of carbonyl (C=O) groups excluding carboxylic acids is 1. The molecule has 1 heterocycles. The van der Waals surface area contributed by atoms with Crippen LogP contribution in [-0.2, 0) is 6.54 Å². The summed E-state index contributed by atoms with van der Waals surface area (Å²) in [5.74, 6) is 5.38. The van der Waals surface area contributed by atoms with E-state index < -0.39 is 0 Å². The summed E-state index contributed by atoms with van der Waals surface area (Å²) < 4.78 is 5.28. The number of hydrazine groups is 1. The fourth-order valence-electron chi connectivity index (χ4n) is 1.53. The largest absolute Gasteiger partial charge is 0.467 e. The van der Waals surface area contributed by atoms with Crippen LogP contribution in [0, 0.1) is 0 Å². The molecule has 1 rings (SSSR count). The lowest BCUT2D eigenvalue weighted by Gasteiger charge is -2.17. The van der Waals surface area contributed by atoms with Gasteiger partial charge in [0, 0.05) is 13.2 Å². The molecule has 0 fully saturated rings. The van der Waals surface area contributed by atoms with Gasteiger partial charge in [-0.3, -0.25) is 15.1 Å². The summed E-state index contributed by atoms with van der Waals surface area (Å²) in [4.78, 5) is 13.3. The Kier molecular flexibility index (Phi) is 5.68. The van der Waals surface area contributed by atoms with E-state index in [0.29, 0.717) is 17.9 Å². The molecule has 6 heteroatoms. The minimum Gasteiger partial charge on any atom is -0.467 e. The van der Waals surface area contributed by atoms with E-state index in [1.165, 1.54) is 6.26 Å². The molecule has 0 atom stereocenters. The van der Waals surface area contributed by atoms with Gasteiger partial charge in [-0.05, 0) is 19.0 Å². The van der Waals surface area contributed by atoms with Crippen molar-refractivity contribution in [1.82, 2.24) is 10.3 Å². The standard InChI is InChI=1S/C11H19N3O3/c1-2-14(4-3-5-15)7-10-6-9(8-17-10)11(16)13-12/h6,8,15H,2-5,7,12H2,1H3,(H,13,16). The molecular weight excluding hydrogens is 222 g/mol. The molecule has 0 aliphatic carbocycles. The summed E-state index contributed by atoms with van der Waals surface area (Å²) in [6.45, 7) is 4.49. The number of carbonyl (C=O) groups is 1. The van der Waals surface area contributed by atoms with E-state index in [9.17, 15) is 4.79 Å². The fraction of sp³-hybridized carbons (Fsp3) is 0.545. The van der Waals surface area contributed by atoms with Crippen molar-refractivity contribution in [2.24, 2.45) is 5.84 Å². The number of hydrogen-bond acceptors (Lipinski definition) is 5.